The predicted molar refractivity (Wildman–Crippen MR) is 86.5 cm³/mol. The number of nitrogens with zero attached hydrogens (tertiary/aromatic N) is 2. The molecule has 2 aromatic rings. The molecule has 0 spiro atoms. The first-order valence-corrected chi connectivity index (χ1v) is 6.74. The van der Waals surface area contributed by atoms with Gasteiger partial charge in [0.05, 0.1) is 4.92 Å². The van der Waals surface area contributed by atoms with Crippen LogP contribution in [0.4, 0.5) is 11.4 Å². The smallest absolute Gasteiger partial charge is 0.270 e. The maximum atomic E-state index is 12.1. The fourth-order valence-electron chi connectivity index (χ4n) is 1.88. The molecular weight excluding hydrogens is 294 g/mol. The number of non-ortho nitro benzene ring substituents is 1. The van der Waals surface area contributed by atoms with E-state index in [1.54, 1.807) is 18.2 Å². The van der Waals surface area contributed by atoms with Crippen molar-refractivity contribution in [1.82, 2.24) is 0 Å². The van der Waals surface area contributed by atoms with Crippen LogP contribution in [0, 0.1) is 28.4 Å². The summed E-state index contributed by atoms with van der Waals surface area (Å²) in [6, 6.07) is 14.7. The Labute approximate surface area is 132 Å². The number of carbonyl (C=O) groups is 1. The zero-order chi connectivity index (χ0) is 16.8. The van der Waals surface area contributed by atoms with Gasteiger partial charge in [0, 0.05) is 17.8 Å². The number of nitro benzene ring substituents is 1. The van der Waals surface area contributed by atoms with Crippen molar-refractivity contribution in [3.8, 4) is 6.07 Å². The van der Waals surface area contributed by atoms with Crippen LogP contribution in [-0.2, 0) is 4.79 Å². The predicted octanol–water partition coefficient (Wildman–Crippen LogP) is 3.45. The number of nitro groups is 1. The molecule has 6 nitrogen and oxygen atoms in total. The molecule has 0 aliphatic heterocycles. The van der Waals surface area contributed by atoms with E-state index in [1.165, 1.54) is 24.3 Å². The summed E-state index contributed by atoms with van der Waals surface area (Å²) in [5, 5.41) is 22.5. The van der Waals surface area contributed by atoms with Crippen molar-refractivity contribution in [2.24, 2.45) is 0 Å². The molecule has 1 amide bonds. The van der Waals surface area contributed by atoms with E-state index >= 15 is 0 Å². The molecule has 2 rings (SSSR count). The van der Waals surface area contributed by atoms with Crippen LogP contribution in [-0.4, -0.2) is 10.8 Å². The minimum atomic E-state index is -0.567. The van der Waals surface area contributed by atoms with Gasteiger partial charge in [-0.1, -0.05) is 29.8 Å². The van der Waals surface area contributed by atoms with Crippen LogP contribution in [0.1, 0.15) is 11.1 Å². The molecule has 0 aromatic heterocycles. The van der Waals surface area contributed by atoms with Gasteiger partial charge in [-0.25, -0.2) is 0 Å². The summed E-state index contributed by atoms with van der Waals surface area (Å²) < 4.78 is 0. The van der Waals surface area contributed by atoms with Gasteiger partial charge in [0.15, 0.2) is 0 Å². The van der Waals surface area contributed by atoms with Gasteiger partial charge in [0.25, 0.3) is 11.6 Å². The Hall–Kier alpha value is -3.46. The van der Waals surface area contributed by atoms with Gasteiger partial charge in [-0.15, -0.1) is 0 Å². The first-order valence-electron chi connectivity index (χ1n) is 6.74. The highest BCUT2D eigenvalue weighted by Crippen LogP contribution is 2.16. The minimum Gasteiger partial charge on any atom is -0.321 e. The first-order chi connectivity index (χ1) is 11.0. The monoisotopic (exact) mass is 307 g/mol. The molecule has 1 N–H and O–H groups in total. The quantitative estimate of drug-likeness (QED) is 0.405. The molecule has 0 aliphatic rings. The summed E-state index contributed by atoms with van der Waals surface area (Å²) >= 11 is 0. The second-order valence-corrected chi connectivity index (χ2v) is 4.84. The summed E-state index contributed by atoms with van der Waals surface area (Å²) in [6.07, 6.45) is 1.32. The SMILES string of the molecule is Cc1ccc(NC(=O)/C(C#N)=C/c2cccc([N+](=O)[O-])c2)cc1. The number of benzene rings is 2. The van der Waals surface area contributed by atoms with Crippen LogP contribution >= 0.6 is 0 Å². The van der Waals surface area contributed by atoms with Crippen molar-refractivity contribution in [2.45, 2.75) is 6.92 Å². The number of rotatable bonds is 4. The number of nitriles is 1. The van der Waals surface area contributed by atoms with Crippen LogP contribution < -0.4 is 5.32 Å². The van der Waals surface area contributed by atoms with E-state index in [0.29, 0.717) is 11.3 Å². The molecule has 0 fully saturated rings. The van der Waals surface area contributed by atoms with Crippen molar-refractivity contribution in [1.29, 1.82) is 5.26 Å². The highest BCUT2D eigenvalue weighted by Gasteiger charge is 2.11. The van der Waals surface area contributed by atoms with E-state index in [1.807, 2.05) is 25.1 Å². The zero-order valence-electron chi connectivity index (χ0n) is 12.3. The molecular formula is C17H13N3O3. The Morgan fingerprint density at radius 3 is 2.57 bits per heavy atom. The Balaban J connectivity index is 2.23. The van der Waals surface area contributed by atoms with Crippen LogP contribution in [0.15, 0.2) is 54.1 Å². The van der Waals surface area contributed by atoms with E-state index < -0.39 is 10.8 Å². The summed E-state index contributed by atoms with van der Waals surface area (Å²) in [6.45, 7) is 1.93. The van der Waals surface area contributed by atoms with E-state index in [2.05, 4.69) is 5.32 Å². The van der Waals surface area contributed by atoms with Crippen molar-refractivity contribution in [3.63, 3.8) is 0 Å². The van der Waals surface area contributed by atoms with Gasteiger partial charge < -0.3 is 5.32 Å². The largest absolute Gasteiger partial charge is 0.321 e. The number of carbonyl (C=O) groups excluding carboxylic acids is 1. The van der Waals surface area contributed by atoms with Gasteiger partial charge in [-0.05, 0) is 30.7 Å². The maximum Gasteiger partial charge on any atom is 0.270 e. The average molecular weight is 307 g/mol. The van der Waals surface area contributed by atoms with Gasteiger partial charge >= 0.3 is 0 Å². The molecule has 6 heteroatoms. The Morgan fingerprint density at radius 2 is 1.96 bits per heavy atom. The normalized spacial score (nSPS) is 10.7. The third-order valence-electron chi connectivity index (χ3n) is 3.07. The fourth-order valence-corrected chi connectivity index (χ4v) is 1.88. The van der Waals surface area contributed by atoms with Crippen molar-refractivity contribution < 1.29 is 9.72 Å². The topological polar surface area (TPSA) is 96.0 Å². The number of hydrogen-bond donors (Lipinski definition) is 1. The second kappa shape index (κ2) is 7.00. The molecule has 2 aromatic carbocycles. The number of anilines is 1. The molecule has 23 heavy (non-hydrogen) atoms. The molecule has 0 saturated carbocycles. The van der Waals surface area contributed by atoms with Gasteiger partial charge in [-0.3, -0.25) is 14.9 Å². The summed E-state index contributed by atoms with van der Waals surface area (Å²) in [5.41, 5.74) is 1.80. The Morgan fingerprint density at radius 1 is 1.26 bits per heavy atom. The lowest BCUT2D eigenvalue weighted by atomic mass is 10.1. The molecule has 0 radical (unpaired) electrons. The zero-order valence-corrected chi connectivity index (χ0v) is 12.3. The number of aryl methyl sites for hydroxylation is 1. The molecule has 114 valence electrons. The van der Waals surface area contributed by atoms with E-state index in [-0.39, 0.29) is 11.3 Å². The number of hydrogen-bond acceptors (Lipinski definition) is 4. The summed E-state index contributed by atoms with van der Waals surface area (Å²) in [7, 11) is 0. The first kappa shape index (κ1) is 15.9. The van der Waals surface area contributed by atoms with E-state index in [9.17, 15) is 14.9 Å². The van der Waals surface area contributed by atoms with E-state index in [0.717, 1.165) is 5.56 Å². The highest BCUT2D eigenvalue weighted by molar-refractivity contribution is 6.09. The average Bonchev–Trinajstić information content (AvgIpc) is 2.55. The second-order valence-electron chi connectivity index (χ2n) is 4.84. The molecule has 0 heterocycles. The highest BCUT2D eigenvalue weighted by atomic mass is 16.6. The lowest BCUT2D eigenvalue weighted by Crippen LogP contribution is -2.13. The molecule has 0 saturated heterocycles. The van der Waals surface area contributed by atoms with Crippen molar-refractivity contribution in [3.05, 3.63) is 75.3 Å². The third-order valence-corrected chi connectivity index (χ3v) is 3.07. The fraction of sp³-hybridized carbons (Fsp3) is 0.0588. The number of nitrogens with one attached hydrogen (secondary N) is 1. The van der Waals surface area contributed by atoms with Crippen LogP contribution in [0.5, 0.6) is 0 Å². The lowest BCUT2D eigenvalue weighted by Gasteiger charge is -2.04. The Kier molecular flexibility index (Phi) is 4.85. The van der Waals surface area contributed by atoms with Crippen LogP contribution in [0.3, 0.4) is 0 Å². The van der Waals surface area contributed by atoms with Gasteiger partial charge in [0.2, 0.25) is 0 Å². The van der Waals surface area contributed by atoms with Crippen LogP contribution in [0.25, 0.3) is 6.08 Å². The maximum absolute atomic E-state index is 12.1. The van der Waals surface area contributed by atoms with Crippen molar-refractivity contribution in [2.75, 3.05) is 5.32 Å². The molecule has 0 aliphatic carbocycles. The third kappa shape index (κ3) is 4.25. The summed E-state index contributed by atoms with van der Waals surface area (Å²) in [4.78, 5) is 22.3. The van der Waals surface area contributed by atoms with Crippen LogP contribution in [0.2, 0.25) is 0 Å². The lowest BCUT2D eigenvalue weighted by molar-refractivity contribution is -0.384. The minimum absolute atomic E-state index is 0.102. The summed E-state index contributed by atoms with van der Waals surface area (Å²) in [5.74, 6) is -0.567. The standard InChI is InChI=1S/C17H13N3O3/c1-12-5-7-15(8-6-12)19-17(21)14(11-18)9-13-3-2-4-16(10-13)20(22)23/h2-10H,1H3,(H,19,21)/b14-9+. The van der Waals surface area contributed by atoms with Gasteiger partial charge in [-0.2, -0.15) is 5.26 Å². The Bertz CT molecular complexity index is 818. The molecule has 0 atom stereocenters. The van der Waals surface area contributed by atoms with Crippen molar-refractivity contribution >= 4 is 23.4 Å². The van der Waals surface area contributed by atoms with E-state index in [4.69, 9.17) is 5.26 Å². The molecule has 0 bridgehead atoms. The van der Waals surface area contributed by atoms with Gasteiger partial charge in [0.1, 0.15) is 11.6 Å². The number of amides is 1. The molecule has 0 unspecified atom stereocenters.